The highest BCUT2D eigenvalue weighted by molar-refractivity contribution is 5.11. The molecular formula is C10H3F19O. The van der Waals surface area contributed by atoms with Gasteiger partial charge in [0.2, 0.25) is 0 Å². The topological polar surface area (TPSA) is 9.23 Å². The van der Waals surface area contributed by atoms with Crippen LogP contribution in [0.2, 0.25) is 0 Å². The van der Waals surface area contributed by atoms with Crippen LogP contribution < -0.4 is 0 Å². The number of ether oxygens (including phenoxy) is 1. The zero-order valence-corrected chi connectivity index (χ0v) is 12.9. The van der Waals surface area contributed by atoms with Gasteiger partial charge in [0, 0.05) is 0 Å². The van der Waals surface area contributed by atoms with Gasteiger partial charge in [-0.25, -0.2) is 13.2 Å². The lowest BCUT2D eigenvalue weighted by atomic mass is 9.90. The number of hydrogen-bond acceptors (Lipinski definition) is 1. The average Bonchev–Trinajstić information content (AvgIpc) is 2.46. The fourth-order valence-corrected chi connectivity index (χ4v) is 1.60. The van der Waals surface area contributed by atoms with Crippen LogP contribution in [-0.2, 0) is 4.74 Å². The van der Waals surface area contributed by atoms with Crippen LogP contribution in [0, 0.1) is 0 Å². The normalized spacial score (nSPS) is 18.9. The molecule has 0 fully saturated rings. The standard InChI is InChI=1S/C10H3F19O/c11-2(5(15,16)17)4(14,6(18,8(21,22)23)9(24,25)26)30-1-3(12,13)7(19,20)10(27,28)29/h2H,1H2. The summed E-state index contributed by atoms with van der Waals surface area (Å²) < 4.78 is 240. The van der Waals surface area contributed by atoms with Crippen molar-refractivity contribution in [1.29, 1.82) is 0 Å². The highest BCUT2D eigenvalue weighted by Gasteiger charge is 2.88. The Morgan fingerprint density at radius 1 is 0.533 bits per heavy atom. The fraction of sp³-hybridized carbons (Fsp3) is 1.00. The molecular weight excluding hydrogens is 497 g/mol. The smallest absolute Gasteiger partial charge is 0.334 e. The van der Waals surface area contributed by atoms with E-state index in [1.54, 1.807) is 0 Å². The first-order valence-corrected chi connectivity index (χ1v) is 6.29. The molecule has 0 aliphatic carbocycles. The Hall–Kier alpha value is -1.37. The van der Waals surface area contributed by atoms with Crippen molar-refractivity contribution < 1.29 is 88.2 Å². The molecule has 0 bridgehead atoms. The molecule has 2 unspecified atom stereocenters. The maximum absolute atomic E-state index is 13.9. The van der Waals surface area contributed by atoms with Crippen LogP contribution in [0.4, 0.5) is 83.4 Å². The van der Waals surface area contributed by atoms with Gasteiger partial charge in [0.25, 0.3) is 6.17 Å². The molecule has 2 atom stereocenters. The average molecular weight is 500 g/mol. The van der Waals surface area contributed by atoms with E-state index in [0.717, 1.165) is 0 Å². The third-order valence-corrected chi connectivity index (χ3v) is 3.14. The van der Waals surface area contributed by atoms with Crippen LogP contribution in [-0.4, -0.2) is 60.9 Å². The summed E-state index contributed by atoms with van der Waals surface area (Å²) in [6.07, 6.45) is -37.0. The molecule has 0 spiro atoms. The van der Waals surface area contributed by atoms with Crippen LogP contribution in [0.15, 0.2) is 0 Å². The summed E-state index contributed by atoms with van der Waals surface area (Å²) in [6, 6.07) is 0. The van der Waals surface area contributed by atoms with Gasteiger partial charge < -0.3 is 4.74 Å². The Balaban J connectivity index is 6.68. The molecule has 0 aromatic rings. The van der Waals surface area contributed by atoms with Gasteiger partial charge in [-0.3, -0.25) is 0 Å². The summed E-state index contributed by atoms with van der Waals surface area (Å²) in [5, 5.41) is 0. The van der Waals surface area contributed by atoms with Gasteiger partial charge in [-0.1, -0.05) is 0 Å². The minimum absolute atomic E-state index is 1.98. The van der Waals surface area contributed by atoms with Crippen LogP contribution in [0.3, 0.4) is 0 Å². The second kappa shape index (κ2) is 7.35. The Bertz CT molecular complexity index is 578. The predicted molar refractivity (Wildman–Crippen MR) is 52.6 cm³/mol. The second-order valence-electron chi connectivity index (χ2n) is 5.27. The fourth-order valence-electron chi connectivity index (χ4n) is 1.60. The largest absolute Gasteiger partial charge is 0.459 e. The van der Waals surface area contributed by atoms with Gasteiger partial charge in [-0.05, 0) is 0 Å². The zero-order chi connectivity index (χ0) is 25.0. The van der Waals surface area contributed by atoms with Gasteiger partial charge in [-0.2, -0.15) is 70.2 Å². The maximum atomic E-state index is 13.9. The summed E-state index contributed by atoms with van der Waals surface area (Å²) in [6.45, 7) is -4.40. The summed E-state index contributed by atoms with van der Waals surface area (Å²) in [4.78, 5) is 0. The molecule has 0 aliphatic rings. The van der Waals surface area contributed by atoms with Crippen LogP contribution in [0.25, 0.3) is 0 Å². The quantitative estimate of drug-likeness (QED) is 0.393. The Morgan fingerprint density at radius 2 is 0.867 bits per heavy atom. The summed E-state index contributed by atoms with van der Waals surface area (Å²) in [5.41, 5.74) is -8.16. The maximum Gasteiger partial charge on any atom is 0.459 e. The van der Waals surface area contributed by atoms with E-state index in [9.17, 15) is 83.4 Å². The van der Waals surface area contributed by atoms with Crippen molar-refractivity contribution in [2.45, 2.75) is 54.2 Å². The minimum Gasteiger partial charge on any atom is -0.334 e. The van der Waals surface area contributed by atoms with E-state index in [2.05, 4.69) is 0 Å². The van der Waals surface area contributed by atoms with E-state index in [1.165, 1.54) is 0 Å². The lowest BCUT2D eigenvalue weighted by molar-refractivity contribution is -0.450. The van der Waals surface area contributed by atoms with Crippen LogP contribution >= 0.6 is 0 Å². The molecule has 0 radical (unpaired) electrons. The summed E-state index contributed by atoms with van der Waals surface area (Å²) in [5.74, 6) is -22.2. The molecule has 0 aliphatic heterocycles. The van der Waals surface area contributed by atoms with Crippen molar-refractivity contribution in [1.82, 2.24) is 0 Å². The second-order valence-corrected chi connectivity index (χ2v) is 5.27. The summed E-state index contributed by atoms with van der Waals surface area (Å²) >= 11 is 0. The summed E-state index contributed by atoms with van der Waals surface area (Å²) in [7, 11) is 0. The molecule has 1 nitrogen and oxygen atoms in total. The molecule has 0 heterocycles. The molecule has 0 saturated heterocycles. The zero-order valence-electron chi connectivity index (χ0n) is 12.9. The monoisotopic (exact) mass is 500 g/mol. The van der Waals surface area contributed by atoms with E-state index < -0.39 is 60.9 Å². The van der Waals surface area contributed by atoms with Crippen molar-refractivity contribution >= 4 is 0 Å². The minimum atomic E-state index is -8.16. The highest BCUT2D eigenvalue weighted by Crippen LogP contribution is 2.58. The lowest BCUT2D eigenvalue weighted by Crippen LogP contribution is -2.73. The van der Waals surface area contributed by atoms with Gasteiger partial charge in [0.05, 0.1) is 0 Å². The van der Waals surface area contributed by atoms with Crippen molar-refractivity contribution in [3.05, 3.63) is 0 Å². The van der Waals surface area contributed by atoms with E-state index in [0.29, 0.717) is 0 Å². The van der Waals surface area contributed by atoms with Gasteiger partial charge >= 0.3 is 48.1 Å². The van der Waals surface area contributed by atoms with E-state index in [4.69, 9.17) is 0 Å². The van der Waals surface area contributed by atoms with Crippen molar-refractivity contribution in [3.63, 3.8) is 0 Å². The molecule has 0 saturated carbocycles. The number of alkyl halides is 19. The number of rotatable bonds is 6. The van der Waals surface area contributed by atoms with Gasteiger partial charge in [0.15, 0.2) is 0 Å². The van der Waals surface area contributed by atoms with Gasteiger partial charge in [0.1, 0.15) is 6.61 Å². The molecule has 0 aromatic carbocycles. The van der Waals surface area contributed by atoms with E-state index >= 15 is 0 Å². The Morgan fingerprint density at radius 3 is 1.10 bits per heavy atom. The number of halogens is 19. The van der Waals surface area contributed by atoms with Crippen LogP contribution in [0.1, 0.15) is 0 Å². The SMILES string of the molecule is FC(C(F)(F)F)C(F)(OCC(F)(F)C(F)(F)C(F)(F)F)C(F)(C(F)(F)F)C(F)(F)F. The van der Waals surface area contributed by atoms with Crippen molar-refractivity contribution in [2.24, 2.45) is 0 Å². The number of hydrogen-bond donors (Lipinski definition) is 0. The predicted octanol–water partition coefficient (Wildman–Crippen LogP) is 6.24. The van der Waals surface area contributed by atoms with Gasteiger partial charge in [-0.15, -0.1) is 0 Å². The molecule has 0 aromatic heterocycles. The third-order valence-electron chi connectivity index (χ3n) is 3.14. The Kier molecular flexibility index (Phi) is 7.01. The van der Waals surface area contributed by atoms with E-state index in [1.807, 2.05) is 4.74 Å². The molecule has 0 amide bonds. The highest BCUT2D eigenvalue weighted by atomic mass is 19.4. The first-order chi connectivity index (χ1) is 12.6. The molecule has 0 N–H and O–H groups in total. The third kappa shape index (κ3) is 4.46. The van der Waals surface area contributed by atoms with Crippen molar-refractivity contribution in [3.8, 4) is 0 Å². The molecule has 0 rings (SSSR count). The first-order valence-electron chi connectivity index (χ1n) is 6.29. The molecule has 182 valence electrons. The van der Waals surface area contributed by atoms with E-state index in [-0.39, 0.29) is 0 Å². The van der Waals surface area contributed by atoms with Crippen LogP contribution in [0.5, 0.6) is 0 Å². The van der Waals surface area contributed by atoms with Crippen molar-refractivity contribution in [2.75, 3.05) is 6.61 Å². The lowest BCUT2D eigenvalue weighted by Gasteiger charge is -2.42. The molecule has 20 heteroatoms. The first kappa shape index (κ1) is 28.6. The Labute approximate surface area is 150 Å². The molecule has 30 heavy (non-hydrogen) atoms.